The van der Waals surface area contributed by atoms with Crippen LogP contribution in [0, 0.1) is 5.82 Å². The smallest absolute Gasteiger partial charge is 0.351 e. The van der Waals surface area contributed by atoms with Gasteiger partial charge in [0.05, 0.1) is 23.6 Å². The van der Waals surface area contributed by atoms with Crippen LogP contribution in [0.15, 0.2) is 47.2 Å². The van der Waals surface area contributed by atoms with Crippen molar-refractivity contribution in [3.8, 4) is 11.3 Å². The van der Waals surface area contributed by atoms with Crippen LogP contribution in [-0.2, 0) is 27.5 Å². The molecule has 6 nitrogen and oxygen atoms in total. The minimum Gasteiger partial charge on any atom is -0.351 e. The van der Waals surface area contributed by atoms with Gasteiger partial charge < -0.3 is 5.32 Å². The molecule has 1 unspecified atom stereocenters. The second kappa shape index (κ2) is 9.48. The molecule has 2 N–H and O–H groups in total. The summed E-state index contributed by atoms with van der Waals surface area (Å²) in [7, 11) is -3.67. The summed E-state index contributed by atoms with van der Waals surface area (Å²) in [6.07, 6.45) is -3.72. The predicted octanol–water partition coefficient (Wildman–Crippen LogP) is 4.76. The van der Waals surface area contributed by atoms with Crippen LogP contribution in [0.4, 0.5) is 23.2 Å². The minimum absolute atomic E-state index is 0.0876. The Morgan fingerprint density at radius 1 is 1.18 bits per heavy atom. The van der Waals surface area contributed by atoms with Gasteiger partial charge in [-0.3, -0.25) is 9.52 Å². The number of carbonyl (C=O) groups is 1. The molecule has 176 valence electrons. The van der Waals surface area contributed by atoms with Crippen LogP contribution >= 0.6 is 11.3 Å². The molecule has 33 heavy (non-hydrogen) atoms. The highest BCUT2D eigenvalue weighted by Crippen LogP contribution is 2.32. The maximum atomic E-state index is 14.2. The highest BCUT2D eigenvalue weighted by molar-refractivity contribution is 7.92. The third-order valence-corrected chi connectivity index (χ3v) is 5.97. The predicted molar refractivity (Wildman–Crippen MR) is 118 cm³/mol. The molecule has 0 aliphatic carbocycles. The number of pyridine rings is 1. The molecule has 0 saturated heterocycles. The summed E-state index contributed by atoms with van der Waals surface area (Å²) < 4.78 is 78.1. The first kappa shape index (κ1) is 24.6. The maximum Gasteiger partial charge on any atom is 0.433 e. The summed E-state index contributed by atoms with van der Waals surface area (Å²) in [6, 6.07) is 7.42. The molecule has 3 rings (SSSR count). The van der Waals surface area contributed by atoms with E-state index < -0.39 is 39.5 Å². The maximum absolute atomic E-state index is 14.2. The van der Waals surface area contributed by atoms with Crippen LogP contribution < -0.4 is 10.0 Å². The fraction of sp³-hybridized carbons (Fsp3) is 0.238. The van der Waals surface area contributed by atoms with Gasteiger partial charge in [-0.05, 0) is 47.7 Å². The monoisotopic (exact) mass is 501 g/mol. The molecule has 1 aromatic carbocycles. The summed E-state index contributed by atoms with van der Waals surface area (Å²) in [4.78, 5) is 16.4. The van der Waals surface area contributed by atoms with Crippen LogP contribution in [-0.4, -0.2) is 25.6 Å². The number of sulfonamides is 1. The van der Waals surface area contributed by atoms with Gasteiger partial charge >= 0.3 is 6.18 Å². The van der Waals surface area contributed by atoms with E-state index in [9.17, 15) is 30.8 Å². The van der Waals surface area contributed by atoms with E-state index in [1.165, 1.54) is 36.5 Å². The Bertz CT molecular complexity index is 1260. The number of benzene rings is 1. The zero-order valence-corrected chi connectivity index (χ0v) is 19.0. The number of hydrogen-bond donors (Lipinski definition) is 2. The number of nitrogens with zero attached hydrogens (tertiary/aromatic N) is 1. The SMILES string of the molecule is CC(C(=O)NCc1ccc(C(F)(F)F)nc1-c1ccsc1)c1ccc(NS(C)(=O)=O)c(F)c1. The molecule has 2 aromatic heterocycles. The van der Waals surface area contributed by atoms with Crippen molar-refractivity contribution in [1.29, 1.82) is 0 Å². The first-order valence-electron chi connectivity index (χ1n) is 9.50. The van der Waals surface area contributed by atoms with Crippen molar-refractivity contribution in [2.24, 2.45) is 0 Å². The van der Waals surface area contributed by atoms with Crippen LogP contribution in [0.25, 0.3) is 11.3 Å². The molecule has 2 heterocycles. The van der Waals surface area contributed by atoms with Gasteiger partial charge in [-0.15, -0.1) is 0 Å². The zero-order chi connectivity index (χ0) is 24.4. The minimum atomic E-state index is -4.61. The van der Waals surface area contributed by atoms with Crippen LogP contribution in [0.1, 0.15) is 29.7 Å². The molecule has 0 aliphatic heterocycles. The van der Waals surface area contributed by atoms with Crippen LogP contribution in [0.3, 0.4) is 0 Å². The van der Waals surface area contributed by atoms with Gasteiger partial charge in [0.2, 0.25) is 15.9 Å². The molecule has 0 spiro atoms. The largest absolute Gasteiger partial charge is 0.433 e. The third kappa shape index (κ3) is 6.29. The lowest BCUT2D eigenvalue weighted by Crippen LogP contribution is -2.28. The number of aromatic nitrogens is 1. The Morgan fingerprint density at radius 3 is 2.48 bits per heavy atom. The summed E-state index contributed by atoms with van der Waals surface area (Å²) in [5, 5.41) is 6.00. The first-order valence-corrected chi connectivity index (χ1v) is 12.3. The van der Waals surface area contributed by atoms with E-state index in [1.807, 2.05) is 4.72 Å². The topological polar surface area (TPSA) is 88.2 Å². The van der Waals surface area contributed by atoms with Gasteiger partial charge in [-0.2, -0.15) is 24.5 Å². The average Bonchev–Trinajstić information content (AvgIpc) is 3.26. The second-order valence-corrected chi connectivity index (χ2v) is 9.80. The Labute approximate surface area is 191 Å². The molecule has 0 fully saturated rings. The van der Waals surface area contributed by atoms with Gasteiger partial charge in [0.1, 0.15) is 11.5 Å². The Morgan fingerprint density at radius 2 is 1.91 bits per heavy atom. The van der Waals surface area contributed by atoms with E-state index in [2.05, 4.69) is 10.3 Å². The van der Waals surface area contributed by atoms with Gasteiger partial charge in [0.15, 0.2) is 0 Å². The number of rotatable bonds is 7. The number of alkyl halides is 3. The molecular formula is C21H19F4N3O3S2. The van der Waals surface area contributed by atoms with Gasteiger partial charge in [0.25, 0.3) is 0 Å². The molecule has 0 saturated carbocycles. The number of carbonyl (C=O) groups excluding carboxylic acids is 1. The summed E-state index contributed by atoms with van der Waals surface area (Å²) in [5.74, 6) is -2.14. The number of nitrogens with one attached hydrogen (secondary N) is 2. The number of thiophene rings is 1. The van der Waals surface area contributed by atoms with Crippen molar-refractivity contribution in [1.82, 2.24) is 10.3 Å². The number of anilines is 1. The molecular weight excluding hydrogens is 482 g/mol. The summed E-state index contributed by atoms with van der Waals surface area (Å²) in [5.41, 5.74) is 0.0182. The third-order valence-electron chi connectivity index (χ3n) is 4.70. The molecule has 0 radical (unpaired) electrons. The number of halogens is 4. The fourth-order valence-corrected chi connectivity index (χ4v) is 4.21. The molecule has 1 amide bonds. The quantitative estimate of drug-likeness (QED) is 0.457. The molecule has 12 heteroatoms. The Balaban J connectivity index is 1.77. The fourth-order valence-electron chi connectivity index (χ4n) is 3.01. The standard InChI is InChI=1S/C21H19F4N3O3S2/c1-12(13-3-5-17(16(22)9-13)28-33(2,30)31)20(29)26-10-14-4-6-18(21(23,24)25)27-19(14)15-7-8-32-11-15/h3-9,11-12,28H,10H2,1-2H3,(H,26,29). The van der Waals surface area contributed by atoms with Crippen LogP contribution in [0.5, 0.6) is 0 Å². The highest BCUT2D eigenvalue weighted by atomic mass is 32.2. The van der Waals surface area contributed by atoms with E-state index >= 15 is 0 Å². The molecule has 1 atom stereocenters. The van der Waals surface area contributed by atoms with Crippen molar-refractivity contribution >= 4 is 33.0 Å². The Hall–Kier alpha value is -2.99. The van der Waals surface area contributed by atoms with Crippen LogP contribution in [0.2, 0.25) is 0 Å². The summed E-state index contributed by atoms with van der Waals surface area (Å²) in [6.45, 7) is 1.44. The van der Waals surface area contributed by atoms with E-state index in [-0.39, 0.29) is 17.9 Å². The van der Waals surface area contributed by atoms with Gasteiger partial charge in [-0.1, -0.05) is 12.1 Å². The second-order valence-electron chi connectivity index (χ2n) is 7.27. The molecule has 3 aromatic rings. The zero-order valence-electron chi connectivity index (χ0n) is 17.4. The average molecular weight is 502 g/mol. The molecule has 0 aliphatic rings. The first-order chi connectivity index (χ1) is 15.3. The van der Waals surface area contributed by atoms with Crippen molar-refractivity contribution in [3.63, 3.8) is 0 Å². The van der Waals surface area contributed by atoms with E-state index in [0.717, 1.165) is 18.4 Å². The van der Waals surface area contributed by atoms with Crippen molar-refractivity contribution < 1.29 is 30.8 Å². The normalized spacial score (nSPS) is 12.9. The lowest BCUT2D eigenvalue weighted by Gasteiger charge is -2.16. The van der Waals surface area contributed by atoms with Gasteiger partial charge in [-0.25, -0.2) is 17.8 Å². The van der Waals surface area contributed by atoms with E-state index in [1.54, 1.807) is 16.8 Å². The number of amides is 1. The van der Waals surface area contributed by atoms with Crippen molar-refractivity contribution in [3.05, 3.63) is 69.8 Å². The lowest BCUT2D eigenvalue weighted by molar-refractivity contribution is -0.141. The van der Waals surface area contributed by atoms with E-state index in [4.69, 9.17) is 0 Å². The highest BCUT2D eigenvalue weighted by Gasteiger charge is 2.33. The van der Waals surface area contributed by atoms with E-state index in [0.29, 0.717) is 16.7 Å². The van der Waals surface area contributed by atoms with Crippen molar-refractivity contribution in [2.75, 3.05) is 11.0 Å². The Kier molecular flexibility index (Phi) is 7.08. The number of hydrogen-bond acceptors (Lipinski definition) is 5. The summed E-state index contributed by atoms with van der Waals surface area (Å²) >= 11 is 1.30. The van der Waals surface area contributed by atoms with Crippen molar-refractivity contribution in [2.45, 2.75) is 25.6 Å². The van der Waals surface area contributed by atoms with Gasteiger partial charge in [0, 0.05) is 17.5 Å². The molecule has 0 bridgehead atoms. The lowest BCUT2D eigenvalue weighted by atomic mass is 9.99.